The molecule has 0 aromatic rings. The van der Waals surface area contributed by atoms with Crippen LogP contribution in [0.3, 0.4) is 0 Å². The molecular weight excluding hydrogens is 214 g/mol. The third-order valence-corrected chi connectivity index (χ3v) is 5.65. The van der Waals surface area contributed by atoms with E-state index in [2.05, 4.69) is 4.72 Å². The van der Waals surface area contributed by atoms with Crippen LogP contribution in [0.25, 0.3) is 0 Å². The van der Waals surface area contributed by atoms with Gasteiger partial charge in [-0.25, -0.2) is 13.1 Å². The number of hydrogen-bond acceptors (Lipinski definition) is 3. The number of sulfonamides is 1. The van der Waals surface area contributed by atoms with Crippen molar-refractivity contribution in [3.63, 3.8) is 0 Å². The number of nitrogens with one attached hydrogen (secondary N) is 1. The first-order valence-electron chi connectivity index (χ1n) is 5.63. The Kier molecular flexibility index (Phi) is 3.33. The fourth-order valence-corrected chi connectivity index (χ4v) is 4.05. The van der Waals surface area contributed by atoms with Crippen LogP contribution in [-0.4, -0.2) is 33.9 Å². The fourth-order valence-electron chi connectivity index (χ4n) is 2.77. The highest BCUT2D eigenvalue weighted by molar-refractivity contribution is 7.90. The van der Waals surface area contributed by atoms with Crippen molar-refractivity contribution in [2.24, 2.45) is 11.8 Å². The lowest BCUT2D eigenvalue weighted by Crippen LogP contribution is -2.41. The second-order valence-electron chi connectivity index (χ2n) is 4.57. The molecule has 1 aliphatic carbocycles. The maximum absolute atomic E-state index is 11.7. The summed E-state index contributed by atoms with van der Waals surface area (Å²) in [6.45, 7) is 1.63. The first kappa shape index (κ1) is 11.4. The zero-order valence-corrected chi connectivity index (χ0v) is 9.92. The zero-order chi connectivity index (χ0) is 10.9. The van der Waals surface area contributed by atoms with Gasteiger partial charge in [0.1, 0.15) is 0 Å². The molecule has 2 aliphatic rings. The normalized spacial score (nSPS) is 37.3. The van der Waals surface area contributed by atoms with Crippen LogP contribution in [0.15, 0.2) is 0 Å². The topological polar surface area (TPSA) is 55.4 Å². The molecule has 1 heterocycles. The van der Waals surface area contributed by atoms with Gasteiger partial charge in [-0.1, -0.05) is 0 Å². The third-order valence-electron chi connectivity index (χ3n) is 3.78. The first-order chi connectivity index (χ1) is 7.13. The molecule has 5 heteroatoms. The molecule has 4 nitrogen and oxygen atoms in total. The zero-order valence-electron chi connectivity index (χ0n) is 9.11. The summed E-state index contributed by atoms with van der Waals surface area (Å²) in [6, 6.07) is 0. The van der Waals surface area contributed by atoms with Crippen molar-refractivity contribution in [2.45, 2.75) is 30.9 Å². The minimum Gasteiger partial charge on any atom is -0.381 e. The molecule has 2 fully saturated rings. The molecule has 0 aromatic heterocycles. The highest BCUT2D eigenvalue weighted by atomic mass is 32.2. The van der Waals surface area contributed by atoms with E-state index in [1.54, 1.807) is 0 Å². The summed E-state index contributed by atoms with van der Waals surface area (Å²) in [5, 5.41) is -0.179. The summed E-state index contributed by atoms with van der Waals surface area (Å²) in [5.74, 6) is 1.16. The second-order valence-corrected chi connectivity index (χ2v) is 6.73. The van der Waals surface area contributed by atoms with Gasteiger partial charge >= 0.3 is 0 Å². The van der Waals surface area contributed by atoms with E-state index in [0.29, 0.717) is 11.8 Å². The molecule has 15 heavy (non-hydrogen) atoms. The summed E-state index contributed by atoms with van der Waals surface area (Å²) in [5.41, 5.74) is 0. The summed E-state index contributed by atoms with van der Waals surface area (Å²) in [4.78, 5) is 0. The standard InChI is InChI=1S/C10H19NO3S/c1-11-15(12,13)10-3-2-9-7-14-5-4-8(9)6-10/h8-11H,2-7H2,1H3. The van der Waals surface area contributed by atoms with Crippen molar-refractivity contribution in [3.05, 3.63) is 0 Å². The molecule has 1 saturated heterocycles. The molecular formula is C10H19NO3S. The predicted octanol–water partition coefficient (Wildman–Crippen LogP) is 0.741. The third kappa shape index (κ3) is 2.34. The quantitative estimate of drug-likeness (QED) is 0.765. The molecule has 0 bridgehead atoms. The average molecular weight is 233 g/mol. The highest BCUT2D eigenvalue weighted by Gasteiger charge is 2.37. The summed E-state index contributed by atoms with van der Waals surface area (Å²) in [7, 11) is -1.56. The van der Waals surface area contributed by atoms with E-state index in [0.717, 1.165) is 38.9 Å². The van der Waals surface area contributed by atoms with Crippen LogP contribution in [0.1, 0.15) is 25.7 Å². The van der Waals surface area contributed by atoms with Crippen LogP contribution in [0, 0.1) is 11.8 Å². The largest absolute Gasteiger partial charge is 0.381 e. The Labute approximate surface area is 91.4 Å². The molecule has 2 rings (SSSR count). The van der Waals surface area contributed by atoms with Gasteiger partial charge in [0, 0.05) is 13.2 Å². The Balaban J connectivity index is 2.02. The molecule has 0 spiro atoms. The van der Waals surface area contributed by atoms with Crippen molar-refractivity contribution < 1.29 is 13.2 Å². The monoisotopic (exact) mass is 233 g/mol. The van der Waals surface area contributed by atoms with Gasteiger partial charge in [0.05, 0.1) is 5.25 Å². The first-order valence-corrected chi connectivity index (χ1v) is 7.18. The van der Waals surface area contributed by atoms with Crippen molar-refractivity contribution in [1.29, 1.82) is 0 Å². The lowest BCUT2D eigenvalue weighted by Gasteiger charge is -2.38. The lowest BCUT2D eigenvalue weighted by molar-refractivity contribution is -0.000784. The van der Waals surface area contributed by atoms with Gasteiger partial charge in [0.15, 0.2) is 0 Å². The molecule has 0 radical (unpaired) electrons. The minimum atomic E-state index is -3.06. The van der Waals surface area contributed by atoms with Crippen LogP contribution in [0.2, 0.25) is 0 Å². The van der Waals surface area contributed by atoms with E-state index in [-0.39, 0.29) is 5.25 Å². The van der Waals surface area contributed by atoms with Gasteiger partial charge in [-0.05, 0) is 44.6 Å². The number of ether oxygens (including phenoxy) is 1. The van der Waals surface area contributed by atoms with Crippen molar-refractivity contribution in [3.8, 4) is 0 Å². The fraction of sp³-hybridized carbons (Fsp3) is 1.00. The van der Waals surface area contributed by atoms with Crippen LogP contribution in [0.4, 0.5) is 0 Å². The minimum absolute atomic E-state index is 0.179. The van der Waals surface area contributed by atoms with Crippen LogP contribution < -0.4 is 4.72 Å². The van der Waals surface area contributed by atoms with E-state index in [1.807, 2.05) is 0 Å². The van der Waals surface area contributed by atoms with Crippen LogP contribution in [-0.2, 0) is 14.8 Å². The molecule has 88 valence electrons. The smallest absolute Gasteiger partial charge is 0.214 e. The Morgan fingerprint density at radius 1 is 1.20 bits per heavy atom. The summed E-state index contributed by atoms with van der Waals surface area (Å²) < 4.78 is 31.2. The summed E-state index contributed by atoms with van der Waals surface area (Å²) in [6.07, 6.45) is 3.63. The molecule has 3 unspecified atom stereocenters. The van der Waals surface area contributed by atoms with Gasteiger partial charge in [0.25, 0.3) is 0 Å². The molecule has 1 N–H and O–H groups in total. The number of hydrogen-bond donors (Lipinski definition) is 1. The SMILES string of the molecule is CNS(=O)(=O)C1CCC2COCCC2C1. The average Bonchev–Trinajstić information content (AvgIpc) is 2.28. The van der Waals surface area contributed by atoms with E-state index in [4.69, 9.17) is 4.74 Å². The molecule has 1 aliphatic heterocycles. The van der Waals surface area contributed by atoms with Gasteiger partial charge in [-0.15, -0.1) is 0 Å². The predicted molar refractivity (Wildman–Crippen MR) is 58.0 cm³/mol. The van der Waals surface area contributed by atoms with E-state index < -0.39 is 10.0 Å². The van der Waals surface area contributed by atoms with Crippen molar-refractivity contribution >= 4 is 10.0 Å². The lowest BCUT2D eigenvalue weighted by atomic mass is 9.77. The number of rotatable bonds is 2. The molecule has 0 aromatic carbocycles. The van der Waals surface area contributed by atoms with Crippen LogP contribution in [0.5, 0.6) is 0 Å². The molecule has 0 amide bonds. The Morgan fingerprint density at radius 2 is 2.00 bits per heavy atom. The maximum atomic E-state index is 11.7. The Morgan fingerprint density at radius 3 is 2.73 bits per heavy atom. The summed E-state index contributed by atoms with van der Waals surface area (Å²) >= 11 is 0. The van der Waals surface area contributed by atoms with Gasteiger partial charge in [0.2, 0.25) is 10.0 Å². The van der Waals surface area contributed by atoms with E-state index in [9.17, 15) is 8.42 Å². The van der Waals surface area contributed by atoms with Crippen molar-refractivity contribution in [2.75, 3.05) is 20.3 Å². The van der Waals surface area contributed by atoms with Gasteiger partial charge < -0.3 is 4.74 Å². The number of fused-ring (bicyclic) bond motifs is 1. The van der Waals surface area contributed by atoms with Gasteiger partial charge in [-0.2, -0.15) is 0 Å². The van der Waals surface area contributed by atoms with Crippen molar-refractivity contribution in [1.82, 2.24) is 4.72 Å². The maximum Gasteiger partial charge on any atom is 0.214 e. The Hall–Kier alpha value is -0.130. The second kappa shape index (κ2) is 4.39. The Bertz CT molecular complexity index is 315. The molecule has 3 atom stereocenters. The van der Waals surface area contributed by atoms with E-state index >= 15 is 0 Å². The molecule has 1 saturated carbocycles. The van der Waals surface area contributed by atoms with E-state index in [1.165, 1.54) is 7.05 Å². The van der Waals surface area contributed by atoms with Gasteiger partial charge in [-0.3, -0.25) is 0 Å². The highest BCUT2D eigenvalue weighted by Crippen LogP contribution is 2.37. The van der Waals surface area contributed by atoms with Crippen LogP contribution >= 0.6 is 0 Å².